The van der Waals surface area contributed by atoms with Gasteiger partial charge in [-0.3, -0.25) is 24.8 Å². The summed E-state index contributed by atoms with van der Waals surface area (Å²) in [5.41, 5.74) is 25.2. The first-order valence-electron chi connectivity index (χ1n) is 15.4. The van der Waals surface area contributed by atoms with Gasteiger partial charge in [-0.25, -0.2) is 0 Å². The first-order chi connectivity index (χ1) is 22.5. The molecule has 3 amide bonds. The molecule has 0 heterocycles. The molecule has 0 radical (unpaired) electrons. The van der Waals surface area contributed by atoms with Gasteiger partial charge in [0.2, 0.25) is 17.7 Å². The highest BCUT2D eigenvalue weighted by molar-refractivity contribution is 5.95. The van der Waals surface area contributed by atoms with E-state index in [2.05, 4.69) is 10.3 Å². The average Bonchev–Trinajstić information content (AvgIpc) is 3.07. The molecule has 0 aliphatic rings. The van der Waals surface area contributed by atoms with E-state index in [1.807, 2.05) is 84.9 Å². The second-order valence-corrected chi connectivity index (χ2v) is 11.5. The van der Waals surface area contributed by atoms with Gasteiger partial charge in [0.25, 0.3) is 0 Å². The monoisotopic (exact) mass is 634 g/mol. The highest BCUT2D eigenvalue weighted by atomic mass is 16.2. The number of likely N-dealkylation sites (N-methyl/N-ethyl adjacent to an activating group) is 1. The number of nitrogens with zero attached hydrogens (tertiary/aromatic N) is 2. The van der Waals surface area contributed by atoms with Gasteiger partial charge in [0, 0.05) is 25.6 Å². The Bertz CT molecular complexity index is 1740. The predicted molar refractivity (Wildman–Crippen MR) is 186 cm³/mol. The van der Waals surface area contributed by atoms with Crippen molar-refractivity contribution >= 4 is 40.3 Å². The lowest BCUT2D eigenvalue weighted by Gasteiger charge is -2.32. The summed E-state index contributed by atoms with van der Waals surface area (Å²) >= 11 is 0. The number of guanidine groups is 1. The van der Waals surface area contributed by atoms with Gasteiger partial charge in [-0.15, -0.1) is 0 Å². The Morgan fingerprint density at radius 3 is 2.09 bits per heavy atom. The topological polar surface area (TPSA) is 207 Å². The molecule has 4 aromatic carbocycles. The van der Waals surface area contributed by atoms with Gasteiger partial charge in [0.05, 0.1) is 5.92 Å². The van der Waals surface area contributed by atoms with Gasteiger partial charge >= 0.3 is 0 Å². The molecule has 0 aliphatic heterocycles. The van der Waals surface area contributed by atoms with Crippen molar-refractivity contribution in [1.29, 1.82) is 5.41 Å². The van der Waals surface area contributed by atoms with E-state index in [0.29, 0.717) is 18.4 Å². The van der Waals surface area contributed by atoms with Gasteiger partial charge in [0.15, 0.2) is 5.96 Å². The maximum Gasteiger partial charge on any atom is 0.243 e. The van der Waals surface area contributed by atoms with Gasteiger partial charge < -0.3 is 33.2 Å². The van der Waals surface area contributed by atoms with E-state index >= 15 is 0 Å². The first kappa shape index (κ1) is 34.2. The highest BCUT2D eigenvalue weighted by Crippen LogP contribution is 2.28. The molecular formula is C36H42N8O3. The van der Waals surface area contributed by atoms with E-state index < -0.39 is 29.8 Å². The van der Waals surface area contributed by atoms with Crippen molar-refractivity contribution in [1.82, 2.24) is 10.2 Å². The number of hydrogen-bond donors (Lipinski definition) is 6. The van der Waals surface area contributed by atoms with E-state index in [1.54, 1.807) is 19.2 Å². The van der Waals surface area contributed by atoms with Crippen LogP contribution >= 0.6 is 0 Å². The number of fused-ring (bicyclic) bond motifs is 1. The van der Waals surface area contributed by atoms with Gasteiger partial charge in [-0.1, -0.05) is 97.1 Å². The molecule has 3 atom stereocenters. The summed E-state index contributed by atoms with van der Waals surface area (Å²) < 4.78 is 0. The molecule has 0 saturated heterocycles. The number of benzene rings is 4. The standard InChI is InChI=1S/C36H42N8O3/c1-44(31(21-23-8-3-2-4-9-23)34(46)43-30(33(39)45)12-7-19-42-36(40)41)35(47)29(20-24-13-15-26(16-14-24)32(37)38)28-18-17-25-10-5-6-11-27(25)22-28/h2-6,8-11,13-18,22,29-31H,7,12,19-21H2,1H3,(H3,37,38)(H2,39,45)(H,43,46)(H4,40,41,42)/t29-,30+,31+/m1/s1. The summed E-state index contributed by atoms with van der Waals surface area (Å²) in [6.07, 6.45) is 1.19. The lowest BCUT2D eigenvalue weighted by molar-refractivity contribution is -0.141. The zero-order valence-electron chi connectivity index (χ0n) is 26.4. The third kappa shape index (κ3) is 9.40. The lowest BCUT2D eigenvalue weighted by Crippen LogP contribution is -2.54. The minimum Gasteiger partial charge on any atom is -0.384 e. The molecule has 4 aromatic rings. The van der Waals surface area contributed by atoms with Crippen molar-refractivity contribution in [2.75, 3.05) is 13.6 Å². The highest BCUT2D eigenvalue weighted by Gasteiger charge is 2.34. The third-order valence-corrected chi connectivity index (χ3v) is 8.17. The van der Waals surface area contributed by atoms with Crippen LogP contribution in [0.15, 0.2) is 102 Å². The van der Waals surface area contributed by atoms with Crippen LogP contribution in [0.2, 0.25) is 0 Å². The van der Waals surface area contributed by atoms with Crippen LogP contribution in [-0.4, -0.2) is 60.1 Å². The molecule has 47 heavy (non-hydrogen) atoms. The fourth-order valence-corrected chi connectivity index (χ4v) is 5.53. The molecule has 4 rings (SSSR count). The molecule has 0 aliphatic carbocycles. The van der Waals surface area contributed by atoms with Crippen molar-refractivity contribution in [3.63, 3.8) is 0 Å². The number of aliphatic imine (C=N–C) groups is 1. The molecular weight excluding hydrogens is 592 g/mol. The summed E-state index contributed by atoms with van der Waals surface area (Å²) in [4.78, 5) is 46.2. The summed E-state index contributed by atoms with van der Waals surface area (Å²) in [6.45, 7) is 0.272. The number of carbonyl (C=O) groups is 3. The molecule has 11 heteroatoms. The molecule has 0 aromatic heterocycles. The first-order valence-corrected chi connectivity index (χ1v) is 15.4. The predicted octanol–water partition coefficient (Wildman–Crippen LogP) is 2.54. The van der Waals surface area contributed by atoms with Crippen LogP contribution in [-0.2, 0) is 27.2 Å². The van der Waals surface area contributed by atoms with Crippen LogP contribution in [0.5, 0.6) is 0 Å². The number of nitrogen functional groups attached to an aromatic ring is 1. The largest absolute Gasteiger partial charge is 0.384 e. The van der Waals surface area contributed by atoms with Crippen molar-refractivity contribution < 1.29 is 14.4 Å². The fourth-order valence-electron chi connectivity index (χ4n) is 5.53. The Kier molecular flexibility index (Phi) is 11.7. The molecule has 0 spiro atoms. The number of nitrogens with one attached hydrogen (secondary N) is 2. The van der Waals surface area contributed by atoms with Crippen molar-refractivity contribution in [2.24, 2.45) is 27.9 Å². The van der Waals surface area contributed by atoms with E-state index in [9.17, 15) is 14.4 Å². The van der Waals surface area contributed by atoms with E-state index in [4.69, 9.17) is 28.3 Å². The van der Waals surface area contributed by atoms with Crippen LogP contribution in [0.25, 0.3) is 10.8 Å². The van der Waals surface area contributed by atoms with Crippen molar-refractivity contribution in [3.05, 3.63) is 119 Å². The lowest BCUT2D eigenvalue weighted by atomic mass is 9.88. The third-order valence-electron chi connectivity index (χ3n) is 8.17. The molecule has 0 fully saturated rings. The Balaban J connectivity index is 1.67. The molecule has 11 nitrogen and oxygen atoms in total. The number of amidine groups is 1. The fraction of sp³-hybridized carbons (Fsp3) is 0.250. The Hall–Kier alpha value is -5.71. The summed E-state index contributed by atoms with van der Waals surface area (Å²) in [6, 6.07) is 28.5. The molecule has 0 unspecified atom stereocenters. The average molecular weight is 635 g/mol. The Morgan fingerprint density at radius 1 is 0.809 bits per heavy atom. The zero-order valence-corrected chi connectivity index (χ0v) is 26.4. The number of primary amides is 1. The van der Waals surface area contributed by atoms with Crippen molar-refractivity contribution in [2.45, 2.75) is 43.7 Å². The van der Waals surface area contributed by atoms with E-state index in [0.717, 1.165) is 27.5 Å². The number of amides is 3. The second kappa shape index (κ2) is 16.0. The maximum atomic E-state index is 14.6. The molecule has 244 valence electrons. The maximum absolute atomic E-state index is 14.6. The van der Waals surface area contributed by atoms with Gasteiger partial charge in [-0.2, -0.15) is 0 Å². The second-order valence-electron chi connectivity index (χ2n) is 11.5. The van der Waals surface area contributed by atoms with Crippen LogP contribution in [0.4, 0.5) is 0 Å². The summed E-state index contributed by atoms with van der Waals surface area (Å²) in [5.74, 6) is -2.22. The molecule has 0 bridgehead atoms. The van der Waals surface area contributed by atoms with Crippen LogP contribution < -0.4 is 28.3 Å². The molecule has 0 saturated carbocycles. The number of carbonyl (C=O) groups excluding carboxylic acids is 3. The number of nitrogens with two attached hydrogens (primary N) is 4. The SMILES string of the molecule is CN(C(=O)[C@H](Cc1ccc(C(=N)N)cc1)c1ccc2ccccc2c1)[C@@H](Cc1ccccc1)C(=O)N[C@@H](CCCN=C(N)N)C(N)=O. The van der Waals surface area contributed by atoms with Crippen LogP contribution in [0, 0.1) is 5.41 Å². The number of hydrogen-bond acceptors (Lipinski definition) is 5. The van der Waals surface area contributed by atoms with E-state index in [1.165, 1.54) is 4.90 Å². The van der Waals surface area contributed by atoms with Crippen LogP contribution in [0.1, 0.15) is 41.0 Å². The minimum absolute atomic E-state index is 0.0429. The minimum atomic E-state index is -0.977. The molecule has 10 N–H and O–H groups in total. The van der Waals surface area contributed by atoms with E-state index in [-0.39, 0.29) is 37.1 Å². The van der Waals surface area contributed by atoms with Crippen molar-refractivity contribution in [3.8, 4) is 0 Å². The summed E-state index contributed by atoms with van der Waals surface area (Å²) in [5, 5.41) is 12.5. The number of rotatable bonds is 15. The normalized spacial score (nSPS) is 12.8. The smallest absolute Gasteiger partial charge is 0.243 e. The zero-order chi connectivity index (χ0) is 33.9. The Labute approximate surface area is 274 Å². The van der Waals surface area contributed by atoms with Gasteiger partial charge in [-0.05, 0) is 46.7 Å². The Morgan fingerprint density at radius 2 is 1.45 bits per heavy atom. The van der Waals surface area contributed by atoms with Crippen LogP contribution in [0.3, 0.4) is 0 Å². The summed E-state index contributed by atoms with van der Waals surface area (Å²) in [7, 11) is 1.61. The quantitative estimate of drug-likeness (QED) is 0.0658. The van der Waals surface area contributed by atoms with Gasteiger partial charge in [0.1, 0.15) is 17.9 Å².